The first-order valence-electron chi connectivity index (χ1n) is 7.31. The first-order valence-corrected chi connectivity index (χ1v) is 7.31. The molecule has 0 spiro atoms. The maximum absolute atomic E-state index is 5.58. The lowest BCUT2D eigenvalue weighted by Gasteiger charge is -2.13. The molecule has 0 saturated carbocycles. The van der Waals surface area contributed by atoms with Crippen LogP contribution in [0.1, 0.15) is 16.7 Å². The van der Waals surface area contributed by atoms with E-state index in [1.807, 2.05) is 42.5 Å². The third-order valence-electron chi connectivity index (χ3n) is 3.34. The molecule has 23 heavy (non-hydrogen) atoms. The summed E-state index contributed by atoms with van der Waals surface area (Å²) < 4.78 is 15.8. The monoisotopic (exact) mass is 311 g/mol. The zero-order chi connectivity index (χ0) is 16.5. The van der Waals surface area contributed by atoms with E-state index in [2.05, 4.69) is 11.2 Å². The lowest BCUT2D eigenvalue weighted by atomic mass is 10.1. The lowest BCUT2D eigenvalue weighted by Crippen LogP contribution is -2.14. The Labute approximate surface area is 137 Å². The molecule has 2 rings (SSSR count). The van der Waals surface area contributed by atoms with Gasteiger partial charge in [0.25, 0.3) is 0 Å². The summed E-state index contributed by atoms with van der Waals surface area (Å²) in [7, 11) is 3.24. The van der Waals surface area contributed by atoms with Crippen molar-refractivity contribution < 1.29 is 14.2 Å². The van der Waals surface area contributed by atoms with Crippen LogP contribution < -0.4 is 14.8 Å². The van der Waals surface area contributed by atoms with E-state index >= 15 is 0 Å². The van der Waals surface area contributed by atoms with Gasteiger partial charge in [-0.3, -0.25) is 0 Å². The molecule has 0 radical (unpaired) electrons. The van der Waals surface area contributed by atoms with Crippen LogP contribution in [0.5, 0.6) is 11.5 Å². The standard InChI is InChI=1S/C19H21NO3/c1-4-15-6-5-7-16(10-15)12-20-13-17-11-18(22-3)8-9-19(17)23-14-21-2/h1,5-11,20H,12-14H2,2-3H3. The summed E-state index contributed by atoms with van der Waals surface area (Å²) in [6, 6.07) is 13.6. The summed E-state index contributed by atoms with van der Waals surface area (Å²) in [4.78, 5) is 0. The summed E-state index contributed by atoms with van der Waals surface area (Å²) >= 11 is 0. The SMILES string of the molecule is C#Cc1cccc(CNCc2cc(OC)ccc2OCOC)c1. The Morgan fingerprint density at radius 2 is 1.96 bits per heavy atom. The van der Waals surface area contributed by atoms with E-state index in [4.69, 9.17) is 20.6 Å². The molecular weight excluding hydrogens is 290 g/mol. The zero-order valence-electron chi connectivity index (χ0n) is 13.5. The van der Waals surface area contributed by atoms with Crippen molar-refractivity contribution in [1.29, 1.82) is 0 Å². The van der Waals surface area contributed by atoms with E-state index in [0.29, 0.717) is 6.54 Å². The summed E-state index contributed by atoms with van der Waals surface area (Å²) in [6.07, 6.45) is 5.42. The molecule has 0 heterocycles. The van der Waals surface area contributed by atoms with Crippen LogP contribution in [0.25, 0.3) is 0 Å². The van der Waals surface area contributed by atoms with Crippen LogP contribution in [-0.4, -0.2) is 21.0 Å². The third kappa shape index (κ3) is 5.03. The number of methoxy groups -OCH3 is 2. The van der Waals surface area contributed by atoms with Gasteiger partial charge < -0.3 is 19.5 Å². The van der Waals surface area contributed by atoms with Crippen molar-refractivity contribution in [1.82, 2.24) is 5.32 Å². The molecule has 4 heteroatoms. The van der Waals surface area contributed by atoms with Gasteiger partial charge in [-0.05, 0) is 35.9 Å². The van der Waals surface area contributed by atoms with E-state index in [9.17, 15) is 0 Å². The number of benzene rings is 2. The smallest absolute Gasteiger partial charge is 0.188 e. The van der Waals surface area contributed by atoms with Crippen molar-refractivity contribution in [2.75, 3.05) is 21.0 Å². The van der Waals surface area contributed by atoms with Crippen LogP contribution in [0.2, 0.25) is 0 Å². The molecule has 2 aromatic rings. The average molecular weight is 311 g/mol. The molecule has 2 aromatic carbocycles. The average Bonchev–Trinajstić information content (AvgIpc) is 2.60. The molecule has 0 aliphatic rings. The molecule has 120 valence electrons. The maximum Gasteiger partial charge on any atom is 0.188 e. The van der Waals surface area contributed by atoms with Crippen molar-refractivity contribution in [2.45, 2.75) is 13.1 Å². The van der Waals surface area contributed by atoms with Crippen molar-refractivity contribution in [3.8, 4) is 23.8 Å². The Balaban J connectivity index is 2.01. The molecule has 0 aliphatic carbocycles. The lowest BCUT2D eigenvalue weighted by molar-refractivity contribution is 0.0503. The number of hydrogen-bond donors (Lipinski definition) is 1. The third-order valence-corrected chi connectivity index (χ3v) is 3.34. The zero-order valence-corrected chi connectivity index (χ0v) is 13.5. The normalized spacial score (nSPS) is 10.1. The largest absolute Gasteiger partial charge is 0.497 e. The fraction of sp³-hybridized carbons (Fsp3) is 0.263. The molecular formula is C19H21NO3. The first kappa shape index (κ1) is 16.9. The van der Waals surface area contributed by atoms with Crippen LogP contribution in [0.15, 0.2) is 42.5 Å². The van der Waals surface area contributed by atoms with Gasteiger partial charge in [0.1, 0.15) is 11.5 Å². The van der Waals surface area contributed by atoms with Gasteiger partial charge >= 0.3 is 0 Å². The molecule has 0 amide bonds. The minimum atomic E-state index is 0.212. The summed E-state index contributed by atoms with van der Waals surface area (Å²) in [5.74, 6) is 4.21. The summed E-state index contributed by atoms with van der Waals surface area (Å²) in [5, 5.41) is 3.39. The number of nitrogens with one attached hydrogen (secondary N) is 1. The molecule has 0 aromatic heterocycles. The second kappa shape index (κ2) is 8.84. The van der Waals surface area contributed by atoms with Gasteiger partial charge in [-0.25, -0.2) is 0 Å². The molecule has 0 bridgehead atoms. The Bertz CT molecular complexity index is 677. The van der Waals surface area contributed by atoms with Crippen molar-refractivity contribution in [2.24, 2.45) is 0 Å². The summed E-state index contributed by atoms with van der Waals surface area (Å²) in [5.41, 5.74) is 3.03. The second-order valence-electron chi connectivity index (χ2n) is 4.97. The van der Waals surface area contributed by atoms with E-state index in [0.717, 1.165) is 34.7 Å². The predicted molar refractivity (Wildman–Crippen MR) is 90.4 cm³/mol. The highest BCUT2D eigenvalue weighted by atomic mass is 16.7. The van der Waals surface area contributed by atoms with Crippen LogP contribution in [0.4, 0.5) is 0 Å². The van der Waals surface area contributed by atoms with Crippen molar-refractivity contribution in [3.63, 3.8) is 0 Å². The Hall–Kier alpha value is -2.48. The van der Waals surface area contributed by atoms with Gasteiger partial charge in [0.2, 0.25) is 0 Å². The quantitative estimate of drug-likeness (QED) is 0.601. The van der Waals surface area contributed by atoms with E-state index in [1.54, 1.807) is 14.2 Å². The van der Waals surface area contributed by atoms with Crippen LogP contribution in [0, 0.1) is 12.3 Å². The van der Waals surface area contributed by atoms with Crippen LogP contribution in [0.3, 0.4) is 0 Å². The number of ether oxygens (including phenoxy) is 3. The minimum Gasteiger partial charge on any atom is -0.497 e. The predicted octanol–water partition coefficient (Wildman–Crippen LogP) is 2.95. The Morgan fingerprint density at radius 1 is 1.09 bits per heavy atom. The molecule has 0 atom stereocenters. The van der Waals surface area contributed by atoms with Crippen LogP contribution in [-0.2, 0) is 17.8 Å². The number of terminal acetylenes is 1. The Kier molecular flexibility index (Phi) is 6.49. The van der Waals surface area contributed by atoms with Gasteiger partial charge in [-0.15, -0.1) is 6.42 Å². The molecule has 0 aliphatic heterocycles. The van der Waals surface area contributed by atoms with E-state index in [-0.39, 0.29) is 6.79 Å². The highest BCUT2D eigenvalue weighted by Crippen LogP contribution is 2.24. The van der Waals surface area contributed by atoms with Crippen molar-refractivity contribution >= 4 is 0 Å². The molecule has 1 N–H and O–H groups in total. The fourth-order valence-electron chi connectivity index (χ4n) is 2.20. The maximum atomic E-state index is 5.58. The number of rotatable bonds is 8. The first-order chi connectivity index (χ1) is 11.3. The molecule has 0 unspecified atom stereocenters. The fourth-order valence-corrected chi connectivity index (χ4v) is 2.20. The molecule has 4 nitrogen and oxygen atoms in total. The van der Waals surface area contributed by atoms with Gasteiger partial charge in [0.15, 0.2) is 6.79 Å². The van der Waals surface area contributed by atoms with Crippen LogP contribution >= 0.6 is 0 Å². The Morgan fingerprint density at radius 3 is 2.70 bits per heavy atom. The van der Waals surface area contributed by atoms with Gasteiger partial charge in [-0.1, -0.05) is 18.1 Å². The molecule has 0 fully saturated rings. The molecule has 0 saturated heterocycles. The van der Waals surface area contributed by atoms with E-state index < -0.39 is 0 Å². The van der Waals surface area contributed by atoms with Gasteiger partial charge in [0.05, 0.1) is 7.11 Å². The van der Waals surface area contributed by atoms with Crippen molar-refractivity contribution in [3.05, 3.63) is 59.2 Å². The van der Waals surface area contributed by atoms with Gasteiger partial charge in [0, 0.05) is 31.3 Å². The van der Waals surface area contributed by atoms with Gasteiger partial charge in [-0.2, -0.15) is 0 Å². The minimum absolute atomic E-state index is 0.212. The van der Waals surface area contributed by atoms with E-state index in [1.165, 1.54) is 0 Å². The topological polar surface area (TPSA) is 39.7 Å². The highest BCUT2D eigenvalue weighted by molar-refractivity contribution is 5.40. The summed E-state index contributed by atoms with van der Waals surface area (Å²) in [6.45, 7) is 1.58. The highest BCUT2D eigenvalue weighted by Gasteiger charge is 2.06. The number of hydrogen-bond acceptors (Lipinski definition) is 4. The second-order valence-corrected chi connectivity index (χ2v) is 4.97.